The molecule has 1 fully saturated rings. The summed E-state index contributed by atoms with van der Waals surface area (Å²) in [6, 6.07) is 15.6. The molecule has 0 aliphatic carbocycles. The van der Waals surface area contributed by atoms with Crippen LogP contribution in [0.25, 0.3) is 11.0 Å². The van der Waals surface area contributed by atoms with Crippen LogP contribution >= 0.6 is 0 Å². The lowest BCUT2D eigenvalue weighted by molar-refractivity contribution is -0.143. The fourth-order valence-corrected chi connectivity index (χ4v) is 3.89. The Labute approximate surface area is 163 Å². The number of rotatable bonds is 5. The Morgan fingerprint density at radius 3 is 2.71 bits per heavy atom. The van der Waals surface area contributed by atoms with Gasteiger partial charge in [0.15, 0.2) is 0 Å². The summed E-state index contributed by atoms with van der Waals surface area (Å²) in [6.07, 6.45) is 0.375. The largest absolute Gasteiger partial charge is 0.465 e. The molecule has 4 rings (SSSR count). The first-order valence-electron chi connectivity index (χ1n) is 9.55. The fourth-order valence-electron chi connectivity index (χ4n) is 3.89. The first kappa shape index (κ1) is 18.2. The van der Waals surface area contributed by atoms with Crippen molar-refractivity contribution in [3.8, 4) is 0 Å². The molecule has 144 valence electrons. The molecule has 1 saturated heterocycles. The molecule has 6 heteroatoms. The number of esters is 1. The second kappa shape index (κ2) is 7.46. The molecule has 1 unspecified atom stereocenters. The van der Waals surface area contributed by atoms with Crippen LogP contribution in [0.15, 0.2) is 48.5 Å². The molecule has 2 aromatic carbocycles. The van der Waals surface area contributed by atoms with Gasteiger partial charge in [-0.2, -0.15) is 0 Å². The molecule has 3 aromatic rings. The van der Waals surface area contributed by atoms with Crippen molar-refractivity contribution in [3.63, 3.8) is 0 Å². The van der Waals surface area contributed by atoms with Gasteiger partial charge in [0.1, 0.15) is 12.4 Å². The SMILES string of the molecule is CCOC(=O)Cn1c(C2CC(=O)N(c3ccccc3C)C2)nc2ccccc21. The molecule has 0 saturated carbocycles. The van der Waals surface area contributed by atoms with E-state index in [0.29, 0.717) is 19.6 Å². The highest BCUT2D eigenvalue weighted by atomic mass is 16.5. The molecule has 1 aliphatic heterocycles. The molecule has 1 amide bonds. The van der Waals surface area contributed by atoms with Crippen molar-refractivity contribution in [3.05, 3.63) is 59.9 Å². The Bertz CT molecular complexity index is 1040. The highest BCUT2D eigenvalue weighted by molar-refractivity contribution is 5.97. The highest BCUT2D eigenvalue weighted by Crippen LogP contribution is 2.34. The van der Waals surface area contributed by atoms with Gasteiger partial charge in [0.05, 0.1) is 17.6 Å². The number of amides is 1. The van der Waals surface area contributed by atoms with E-state index >= 15 is 0 Å². The summed E-state index contributed by atoms with van der Waals surface area (Å²) in [7, 11) is 0. The second-order valence-electron chi connectivity index (χ2n) is 7.04. The van der Waals surface area contributed by atoms with Crippen molar-refractivity contribution in [2.45, 2.75) is 32.7 Å². The average Bonchev–Trinajstić information content (AvgIpc) is 3.23. The number of ether oxygens (including phenoxy) is 1. The zero-order valence-corrected chi connectivity index (χ0v) is 16.1. The van der Waals surface area contributed by atoms with E-state index in [1.165, 1.54) is 0 Å². The molecule has 0 bridgehead atoms. The first-order chi connectivity index (χ1) is 13.6. The fraction of sp³-hybridized carbons (Fsp3) is 0.318. The van der Waals surface area contributed by atoms with Crippen LogP contribution in [0.5, 0.6) is 0 Å². The van der Waals surface area contributed by atoms with Gasteiger partial charge in [-0.3, -0.25) is 9.59 Å². The standard InChI is InChI=1S/C22H23N3O3/c1-3-28-21(27)14-25-19-11-7-5-9-17(19)23-22(25)16-12-20(26)24(13-16)18-10-6-4-8-15(18)2/h4-11,16H,3,12-14H2,1-2H3. The number of aromatic nitrogens is 2. The van der Waals surface area contributed by atoms with E-state index in [1.807, 2.05) is 64.9 Å². The van der Waals surface area contributed by atoms with Crippen molar-refractivity contribution < 1.29 is 14.3 Å². The number of hydrogen-bond acceptors (Lipinski definition) is 4. The van der Waals surface area contributed by atoms with Crippen molar-refractivity contribution in [1.29, 1.82) is 0 Å². The number of hydrogen-bond donors (Lipinski definition) is 0. The van der Waals surface area contributed by atoms with Gasteiger partial charge in [-0.1, -0.05) is 30.3 Å². The number of fused-ring (bicyclic) bond motifs is 1. The summed E-state index contributed by atoms with van der Waals surface area (Å²) in [5, 5.41) is 0. The van der Waals surface area contributed by atoms with Crippen LogP contribution in [0.3, 0.4) is 0 Å². The second-order valence-corrected chi connectivity index (χ2v) is 7.04. The third-order valence-corrected chi connectivity index (χ3v) is 5.17. The van der Waals surface area contributed by atoms with Gasteiger partial charge in [0, 0.05) is 24.6 Å². The van der Waals surface area contributed by atoms with Crippen LogP contribution in [0.2, 0.25) is 0 Å². The van der Waals surface area contributed by atoms with Gasteiger partial charge in [-0.25, -0.2) is 4.98 Å². The molecule has 1 aromatic heterocycles. The Balaban J connectivity index is 1.70. The average molecular weight is 377 g/mol. The Kier molecular flexibility index (Phi) is 4.86. The minimum Gasteiger partial charge on any atom is -0.465 e. The highest BCUT2D eigenvalue weighted by Gasteiger charge is 2.35. The predicted octanol–water partition coefficient (Wildman–Crippen LogP) is 3.43. The number of nitrogens with zero attached hydrogens (tertiary/aromatic N) is 3. The van der Waals surface area contributed by atoms with Crippen LogP contribution in [0, 0.1) is 6.92 Å². The zero-order chi connectivity index (χ0) is 19.7. The molecule has 6 nitrogen and oxygen atoms in total. The molecule has 1 aliphatic rings. The number of imidazole rings is 1. The topological polar surface area (TPSA) is 64.4 Å². The number of anilines is 1. The maximum atomic E-state index is 12.8. The molecule has 0 radical (unpaired) electrons. The molecule has 28 heavy (non-hydrogen) atoms. The lowest BCUT2D eigenvalue weighted by Gasteiger charge is -2.19. The number of benzene rings is 2. The van der Waals surface area contributed by atoms with Gasteiger partial charge >= 0.3 is 5.97 Å². The quantitative estimate of drug-likeness (QED) is 0.639. The van der Waals surface area contributed by atoms with Gasteiger partial charge < -0.3 is 14.2 Å². The minimum absolute atomic E-state index is 0.0751. The molecule has 1 atom stereocenters. The third kappa shape index (κ3) is 3.26. The van der Waals surface area contributed by atoms with Crippen molar-refractivity contribution in [1.82, 2.24) is 9.55 Å². The maximum absolute atomic E-state index is 12.8. The Morgan fingerprint density at radius 2 is 1.93 bits per heavy atom. The maximum Gasteiger partial charge on any atom is 0.326 e. The summed E-state index contributed by atoms with van der Waals surface area (Å²) >= 11 is 0. The van der Waals surface area contributed by atoms with Crippen molar-refractivity contribution in [2.75, 3.05) is 18.1 Å². The smallest absolute Gasteiger partial charge is 0.326 e. The summed E-state index contributed by atoms with van der Waals surface area (Å²) < 4.78 is 7.04. The predicted molar refractivity (Wildman–Crippen MR) is 107 cm³/mol. The lowest BCUT2D eigenvalue weighted by Crippen LogP contribution is -2.25. The molecule has 0 spiro atoms. The monoisotopic (exact) mass is 377 g/mol. The number of carbonyl (C=O) groups is 2. The van der Waals surface area contributed by atoms with Crippen LogP contribution < -0.4 is 4.90 Å². The van der Waals surface area contributed by atoms with Gasteiger partial charge in [-0.05, 0) is 37.6 Å². The zero-order valence-electron chi connectivity index (χ0n) is 16.1. The summed E-state index contributed by atoms with van der Waals surface area (Å²) in [5.74, 6) is 0.466. The van der Waals surface area contributed by atoms with E-state index in [4.69, 9.17) is 9.72 Å². The van der Waals surface area contributed by atoms with Gasteiger partial charge in [0.2, 0.25) is 5.91 Å². The van der Waals surface area contributed by atoms with E-state index < -0.39 is 0 Å². The Hall–Kier alpha value is -3.15. The normalized spacial score (nSPS) is 16.7. The first-order valence-corrected chi connectivity index (χ1v) is 9.55. The van der Waals surface area contributed by atoms with Gasteiger partial charge in [0.25, 0.3) is 0 Å². The van der Waals surface area contributed by atoms with Crippen LogP contribution in [-0.2, 0) is 20.9 Å². The summed E-state index contributed by atoms with van der Waals surface area (Å²) in [6.45, 7) is 4.78. The molecule has 0 N–H and O–H groups in total. The van der Waals surface area contributed by atoms with E-state index in [1.54, 1.807) is 6.92 Å². The van der Waals surface area contributed by atoms with Crippen LogP contribution in [0.1, 0.15) is 30.7 Å². The summed E-state index contributed by atoms with van der Waals surface area (Å²) in [5.41, 5.74) is 3.70. The van der Waals surface area contributed by atoms with E-state index in [9.17, 15) is 9.59 Å². The van der Waals surface area contributed by atoms with Crippen LogP contribution in [0.4, 0.5) is 5.69 Å². The minimum atomic E-state index is -0.299. The number of para-hydroxylation sites is 3. The van der Waals surface area contributed by atoms with E-state index in [0.717, 1.165) is 28.1 Å². The molecule has 2 heterocycles. The van der Waals surface area contributed by atoms with E-state index in [2.05, 4.69) is 0 Å². The summed E-state index contributed by atoms with van der Waals surface area (Å²) in [4.78, 5) is 31.5. The lowest BCUT2D eigenvalue weighted by atomic mass is 10.1. The number of carbonyl (C=O) groups excluding carboxylic acids is 2. The number of aryl methyl sites for hydroxylation is 1. The molecular weight excluding hydrogens is 354 g/mol. The molecular formula is C22H23N3O3. The Morgan fingerprint density at radius 1 is 1.18 bits per heavy atom. The van der Waals surface area contributed by atoms with Crippen LogP contribution in [-0.4, -0.2) is 34.6 Å². The van der Waals surface area contributed by atoms with Gasteiger partial charge in [-0.15, -0.1) is 0 Å². The van der Waals surface area contributed by atoms with E-state index in [-0.39, 0.29) is 24.3 Å². The van der Waals surface area contributed by atoms with Crippen molar-refractivity contribution in [2.24, 2.45) is 0 Å². The third-order valence-electron chi connectivity index (χ3n) is 5.17. The van der Waals surface area contributed by atoms with Crippen molar-refractivity contribution >= 4 is 28.6 Å².